The van der Waals surface area contributed by atoms with E-state index in [1.165, 1.54) is 0 Å². The van der Waals surface area contributed by atoms with Crippen molar-refractivity contribution in [3.05, 3.63) is 23.3 Å². The molecule has 3 rings (SSSR count). The van der Waals surface area contributed by atoms with Gasteiger partial charge in [0.05, 0.1) is 6.42 Å². The molecule has 0 spiro atoms. The van der Waals surface area contributed by atoms with Crippen LogP contribution in [0.1, 0.15) is 31.9 Å². The smallest absolute Gasteiger partial charge is 0.228 e. The van der Waals surface area contributed by atoms with E-state index in [0.29, 0.717) is 51.6 Å². The fourth-order valence-electron chi connectivity index (χ4n) is 3.33. The fraction of sp³-hybridized carbons (Fsp3) is 0.600. The zero-order valence-electron chi connectivity index (χ0n) is 16.1. The van der Waals surface area contributed by atoms with Gasteiger partial charge in [-0.3, -0.25) is 9.59 Å². The van der Waals surface area contributed by atoms with E-state index in [1.807, 2.05) is 49.6 Å². The summed E-state index contributed by atoms with van der Waals surface area (Å²) in [6.07, 6.45) is 0.343. The summed E-state index contributed by atoms with van der Waals surface area (Å²) in [4.78, 5) is 28.8. The Morgan fingerprint density at radius 1 is 0.962 bits per heavy atom. The Bertz CT molecular complexity index is 700. The normalized spacial score (nSPS) is 17.2. The molecular formula is C20H28N2O4. The minimum atomic E-state index is -0.380. The van der Waals surface area contributed by atoms with E-state index in [2.05, 4.69) is 0 Å². The van der Waals surface area contributed by atoms with Gasteiger partial charge in [-0.05, 0) is 30.2 Å². The SMILES string of the molecule is Cc1cc2c(cc1CC(=O)N1CCN(C(=O)C(C)(C)C)CC1)OCCO2. The predicted molar refractivity (Wildman–Crippen MR) is 98.5 cm³/mol. The van der Waals surface area contributed by atoms with Crippen LogP contribution < -0.4 is 9.47 Å². The second kappa shape index (κ2) is 7.17. The number of hydrogen-bond acceptors (Lipinski definition) is 4. The average molecular weight is 360 g/mol. The van der Waals surface area contributed by atoms with Gasteiger partial charge in [-0.15, -0.1) is 0 Å². The molecule has 1 fully saturated rings. The number of amides is 2. The van der Waals surface area contributed by atoms with Crippen LogP contribution in [0.3, 0.4) is 0 Å². The Balaban J connectivity index is 1.61. The molecule has 0 radical (unpaired) electrons. The van der Waals surface area contributed by atoms with Crippen molar-refractivity contribution in [2.24, 2.45) is 5.41 Å². The lowest BCUT2D eigenvalue weighted by atomic mass is 9.94. The van der Waals surface area contributed by atoms with Crippen LogP contribution >= 0.6 is 0 Å². The zero-order valence-corrected chi connectivity index (χ0v) is 16.1. The van der Waals surface area contributed by atoms with Crippen molar-refractivity contribution in [1.82, 2.24) is 9.80 Å². The average Bonchev–Trinajstić information content (AvgIpc) is 2.61. The lowest BCUT2D eigenvalue weighted by molar-refractivity contribution is -0.144. The van der Waals surface area contributed by atoms with Gasteiger partial charge in [0, 0.05) is 31.6 Å². The molecule has 2 amide bonds. The van der Waals surface area contributed by atoms with Crippen molar-refractivity contribution in [3.8, 4) is 11.5 Å². The molecule has 6 nitrogen and oxygen atoms in total. The Morgan fingerprint density at radius 2 is 1.50 bits per heavy atom. The largest absolute Gasteiger partial charge is 0.486 e. The number of carbonyl (C=O) groups is 2. The summed E-state index contributed by atoms with van der Waals surface area (Å²) in [6.45, 7) is 11.2. The van der Waals surface area contributed by atoms with Crippen molar-refractivity contribution < 1.29 is 19.1 Å². The zero-order chi connectivity index (χ0) is 18.9. The van der Waals surface area contributed by atoms with Crippen LogP contribution in [0.4, 0.5) is 0 Å². The molecule has 0 N–H and O–H groups in total. The van der Waals surface area contributed by atoms with Gasteiger partial charge in [-0.25, -0.2) is 0 Å². The first-order chi connectivity index (χ1) is 12.3. The minimum absolute atomic E-state index is 0.0904. The molecule has 2 aliphatic rings. The molecule has 2 heterocycles. The first kappa shape index (κ1) is 18.5. The standard InChI is InChI=1S/C20H28N2O4/c1-14-11-16-17(26-10-9-25-16)12-15(14)13-18(23)21-5-7-22(8-6-21)19(24)20(2,3)4/h11-12H,5-10,13H2,1-4H3. The molecule has 1 aromatic rings. The summed E-state index contributed by atoms with van der Waals surface area (Å²) in [5, 5.41) is 0. The van der Waals surface area contributed by atoms with E-state index >= 15 is 0 Å². The highest BCUT2D eigenvalue weighted by Gasteiger charge is 2.31. The van der Waals surface area contributed by atoms with E-state index in [9.17, 15) is 9.59 Å². The summed E-state index contributed by atoms with van der Waals surface area (Å²) in [7, 11) is 0. The van der Waals surface area contributed by atoms with Crippen LogP contribution in [0.5, 0.6) is 11.5 Å². The second-order valence-electron chi connectivity index (χ2n) is 8.02. The Morgan fingerprint density at radius 3 is 2.08 bits per heavy atom. The molecule has 26 heavy (non-hydrogen) atoms. The van der Waals surface area contributed by atoms with E-state index < -0.39 is 0 Å². The van der Waals surface area contributed by atoms with Crippen molar-refractivity contribution in [1.29, 1.82) is 0 Å². The van der Waals surface area contributed by atoms with Crippen molar-refractivity contribution in [2.45, 2.75) is 34.1 Å². The molecule has 1 saturated heterocycles. The van der Waals surface area contributed by atoms with Crippen molar-refractivity contribution >= 4 is 11.8 Å². The molecule has 0 unspecified atom stereocenters. The summed E-state index contributed by atoms with van der Waals surface area (Å²) >= 11 is 0. The van der Waals surface area contributed by atoms with Crippen LogP contribution in [0.2, 0.25) is 0 Å². The van der Waals surface area contributed by atoms with Gasteiger partial charge in [0.1, 0.15) is 13.2 Å². The molecule has 142 valence electrons. The van der Waals surface area contributed by atoms with E-state index in [1.54, 1.807) is 0 Å². The maximum absolute atomic E-state index is 12.7. The number of nitrogens with zero attached hydrogens (tertiary/aromatic N) is 2. The molecule has 6 heteroatoms. The number of benzene rings is 1. The third kappa shape index (κ3) is 3.94. The van der Waals surface area contributed by atoms with Crippen molar-refractivity contribution in [3.63, 3.8) is 0 Å². The van der Waals surface area contributed by atoms with Gasteiger partial charge in [0.25, 0.3) is 0 Å². The van der Waals surface area contributed by atoms with Crippen LogP contribution in [-0.4, -0.2) is 61.0 Å². The minimum Gasteiger partial charge on any atom is -0.486 e. The maximum Gasteiger partial charge on any atom is 0.228 e. The van der Waals surface area contributed by atoms with Crippen molar-refractivity contribution in [2.75, 3.05) is 39.4 Å². The lowest BCUT2D eigenvalue weighted by Crippen LogP contribution is -2.53. The second-order valence-corrected chi connectivity index (χ2v) is 8.02. The monoisotopic (exact) mass is 360 g/mol. The topological polar surface area (TPSA) is 59.1 Å². The number of rotatable bonds is 2. The fourth-order valence-corrected chi connectivity index (χ4v) is 3.33. The quantitative estimate of drug-likeness (QED) is 0.810. The number of hydrogen-bond donors (Lipinski definition) is 0. The predicted octanol–water partition coefficient (Wildman–Crippen LogP) is 2.03. The van der Waals surface area contributed by atoms with Gasteiger partial charge >= 0.3 is 0 Å². The van der Waals surface area contributed by atoms with Gasteiger partial charge in [0.2, 0.25) is 11.8 Å². The number of piperazine rings is 1. The van der Waals surface area contributed by atoms with Gasteiger partial charge in [-0.1, -0.05) is 20.8 Å². The Hall–Kier alpha value is -2.24. The molecule has 0 aliphatic carbocycles. The lowest BCUT2D eigenvalue weighted by Gasteiger charge is -2.37. The van der Waals surface area contributed by atoms with Crippen LogP contribution in [-0.2, 0) is 16.0 Å². The molecule has 0 bridgehead atoms. The molecule has 0 aromatic heterocycles. The summed E-state index contributed by atoms with van der Waals surface area (Å²) < 4.78 is 11.2. The molecule has 0 atom stereocenters. The van der Waals surface area contributed by atoms with Crippen LogP contribution in [0.25, 0.3) is 0 Å². The van der Waals surface area contributed by atoms with Gasteiger partial charge in [0.15, 0.2) is 11.5 Å². The molecular weight excluding hydrogens is 332 g/mol. The molecule has 2 aliphatic heterocycles. The highest BCUT2D eigenvalue weighted by molar-refractivity contribution is 5.83. The highest BCUT2D eigenvalue weighted by atomic mass is 16.6. The highest BCUT2D eigenvalue weighted by Crippen LogP contribution is 2.33. The number of aryl methyl sites for hydroxylation is 1. The van der Waals surface area contributed by atoms with Gasteiger partial charge in [-0.2, -0.15) is 0 Å². The van der Waals surface area contributed by atoms with E-state index in [4.69, 9.17) is 9.47 Å². The maximum atomic E-state index is 12.7. The first-order valence-corrected chi connectivity index (χ1v) is 9.22. The third-order valence-electron chi connectivity index (χ3n) is 4.90. The molecule has 0 saturated carbocycles. The first-order valence-electron chi connectivity index (χ1n) is 9.22. The third-order valence-corrected chi connectivity index (χ3v) is 4.90. The Labute approximate surface area is 155 Å². The summed E-state index contributed by atoms with van der Waals surface area (Å²) in [5.74, 6) is 1.70. The summed E-state index contributed by atoms with van der Waals surface area (Å²) in [6, 6.07) is 3.86. The van der Waals surface area contributed by atoms with Gasteiger partial charge < -0.3 is 19.3 Å². The van der Waals surface area contributed by atoms with Crippen LogP contribution in [0.15, 0.2) is 12.1 Å². The van der Waals surface area contributed by atoms with Crippen LogP contribution in [0, 0.1) is 12.3 Å². The van der Waals surface area contributed by atoms with E-state index in [0.717, 1.165) is 16.9 Å². The number of carbonyl (C=O) groups excluding carboxylic acids is 2. The van der Waals surface area contributed by atoms with E-state index in [-0.39, 0.29) is 17.2 Å². The molecule has 1 aromatic carbocycles. The Kier molecular flexibility index (Phi) is 5.12. The number of fused-ring (bicyclic) bond motifs is 1. The number of ether oxygens (including phenoxy) is 2. The summed E-state index contributed by atoms with van der Waals surface area (Å²) in [5.41, 5.74) is 1.62.